The summed E-state index contributed by atoms with van der Waals surface area (Å²) in [6.07, 6.45) is 3.58. The van der Waals surface area contributed by atoms with E-state index in [0.29, 0.717) is 16.0 Å². The number of carbonyl (C=O) groups is 1. The molecule has 0 aliphatic heterocycles. The molecule has 3 aromatic rings. The molecule has 1 amide bonds. The number of aromatic nitrogens is 2. The number of rotatable bonds is 5. The minimum atomic E-state index is -0.519. The van der Waals surface area contributed by atoms with E-state index in [4.69, 9.17) is 4.42 Å². The summed E-state index contributed by atoms with van der Waals surface area (Å²) in [6, 6.07) is 7.71. The van der Waals surface area contributed by atoms with Gasteiger partial charge in [-0.05, 0) is 30.3 Å². The van der Waals surface area contributed by atoms with Crippen molar-refractivity contribution in [2.75, 3.05) is 5.32 Å². The molecule has 1 N–H and O–H groups in total. The lowest BCUT2D eigenvalue weighted by atomic mass is 10.3. The zero-order valence-electron chi connectivity index (χ0n) is 12.6. The van der Waals surface area contributed by atoms with E-state index in [-0.39, 0.29) is 11.4 Å². The number of aryl methyl sites for hydroxylation is 1. The second kappa shape index (κ2) is 7.23. The van der Waals surface area contributed by atoms with Crippen molar-refractivity contribution in [2.24, 2.45) is 7.05 Å². The van der Waals surface area contributed by atoms with Gasteiger partial charge in [-0.1, -0.05) is 27.7 Å². The first kappa shape index (κ1) is 16.8. The van der Waals surface area contributed by atoms with E-state index in [0.717, 1.165) is 5.16 Å². The fourth-order valence-electron chi connectivity index (χ4n) is 1.98. The number of benzene rings is 1. The first-order valence-electron chi connectivity index (χ1n) is 6.98. The summed E-state index contributed by atoms with van der Waals surface area (Å²) in [5, 5.41) is 3.35. The number of hydrogen-bond acceptors (Lipinski definition) is 4. The summed E-state index contributed by atoms with van der Waals surface area (Å²) in [5.74, 6) is 0.307. The highest BCUT2D eigenvalue weighted by Gasteiger charge is 2.14. The lowest BCUT2D eigenvalue weighted by Gasteiger charge is -2.05. The molecule has 0 fully saturated rings. The van der Waals surface area contributed by atoms with Gasteiger partial charge in [-0.3, -0.25) is 4.79 Å². The van der Waals surface area contributed by atoms with Crippen molar-refractivity contribution in [1.82, 2.24) is 9.55 Å². The first-order valence-corrected chi connectivity index (χ1v) is 8.76. The summed E-state index contributed by atoms with van der Waals surface area (Å²) in [4.78, 5) is 16.3. The Kier molecular flexibility index (Phi) is 5.06. The molecule has 0 saturated carbocycles. The Balaban J connectivity index is 1.64. The van der Waals surface area contributed by atoms with Crippen LogP contribution >= 0.6 is 27.7 Å². The van der Waals surface area contributed by atoms with Crippen molar-refractivity contribution in [3.63, 3.8) is 0 Å². The molecule has 2 heterocycles. The minimum Gasteiger partial charge on any atom is -0.455 e. The number of hydrogen-bond donors (Lipinski definition) is 1. The molecule has 5 nitrogen and oxygen atoms in total. The number of furan rings is 1. The van der Waals surface area contributed by atoms with Crippen LogP contribution in [0.15, 0.2) is 56.8 Å². The standard InChI is InChI=1S/C16H13BrFN3O2S/c1-21-7-6-19-16(21)24-9-11-3-5-14(23-11)15(22)20-13-4-2-10(17)8-12(13)18/h2-8H,9H2,1H3,(H,20,22). The lowest BCUT2D eigenvalue weighted by Crippen LogP contribution is -2.12. The van der Waals surface area contributed by atoms with Gasteiger partial charge in [0.15, 0.2) is 10.9 Å². The smallest absolute Gasteiger partial charge is 0.291 e. The number of nitrogens with one attached hydrogen (secondary N) is 1. The Morgan fingerprint density at radius 3 is 2.96 bits per heavy atom. The number of imidazole rings is 1. The van der Waals surface area contributed by atoms with Crippen LogP contribution < -0.4 is 5.32 Å². The van der Waals surface area contributed by atoms with E-state index >= 15 is 0 Å². The van der Waals surface area contributed by atoms with Crippen LogP contribution in [-0.4, -0.2) is 15.5 Å². The van der Waals surface area contributed by atoms with Crippen molar-refractivity contribution in [3.8, 4) is 0 Å². The second-order valence-electron chi connectivity index (χ2n) is 4.95. The molecular weight excluding hydrogens is 397 g/mol. The summed E-state index contributed by atoms with van der Waals surface area (Å²) in [7, 11) is 1.91. The van der Waals surface area contributed by atoms with Gasteiger partial charge in [0.1, 0.15) is 11.6 Å². The fraction of sp³-hybridized carbons (Fsp3) is 0.125. The van der Waals surface area contributed by atoms with Gasteiger partial charge in [-0.2, -0.15) is 0 Å². The SMILES string of the molecule is Cn1ccnc1SCc1ccc(C(=O)Nc2ccc(Br)cc2F)o1. The average Bonchev–Trinajstić information content (AvgIpc) is 3.17. The summed E-state index contributed by atoms with van der Waals surface area (Å²) >= 11 is 4.67. The second-order valence-corrected chi connectivity index (χ2v) is 6.81. The van der Waals surface area contributed by atoms with Gasteiger partial charge in [-0.15, -0.1) is 0 Å². The third-order valence-corrected chi connectivity index (χ3v) is 4.76. The number of halogens is 2. The van der Waals surface area contributed by atoms with Gasteiger partial charge < -0.3 is 14.3 Å². The molecule has 3 rings (SSSR count). The Morgan fingerprint density at radius 1 is 1.42 bits per heavy atom. The predicted molar refractivity (Wildman–Crippen MR) is 93.5 cm³/mol. The van der Waals surface area contributed by atoms with Crippen molar-refractivity contribution >= 4 is 39.3 Å². The maximum atomic E-state index is 13.8. The van der Waals surface area contributed by atoms with Crippen LogP contribution in [0.1, 0.15) is 16.3 Å². The van der Waals surface area contributed by atoms with E-state index in [1.54, 1.807) is 24.4 Å². The molecule has 0 spiro atoms. The summed E-state index contributed by atoms with van der Waals surface area (Å²) < 4.78 is 21.8. The highest BCUT2D eigenvalue weighted by atomic mass is 79.9. The molecule has 24 heavy (non-hydrogen) atoms. The molecule has 124 valence electrons. The Hall–Kier alpha value is -2.06. The molecule has 2 aromatic heterocycles. The average molecular weight is 410 g/mol. The van der Waals surface area contributed by atoms with Crippen molar-refractivity contribution in [2.45, 2.75) is 10.9 Å². The molecule has 0 radical (unpaired) electrons. The zero-order valence-corrected chi connectivity index (χ0v) is 15.0. The van der Waals surface area contributed by atoms with E-state index in [1.807, 2.05) is 17.8 Å². The topological polar surface area (TPSA) is 60.1 Å². The minimum absolute atomic E-state index is 0.100. The van der Waals surface area contributed by atoms with E-state index < -0.39 is 11.7 Å². The maximum Gasteiger partial charge on any atom is 0.291 e. The Labute approximate surface area is 150 Å². The first-order chi connectivity index (χ1) is 11.5. The highest BCUT2D eigenvalue weighted by molar-refractivity contribution is 9.10. The number of thioether (sulfide) groups is 1. The molecule has 0 saturated heterocycles. The van der Waals surface area contributed by atoms with Crippen molar-refractivity contribution < 1.29 is 13.6 Å². The van der Waals surface area contributed by atoms with Crippen LogP contribution in [0, 0.1) is 5.82 Å². The summed E-state index contributed by atoms with van der Waals surface area (Å²) in [5.41, 5.74) is 0.100. The molecule has 0 aliphatic rings. The highest BCUT2D eigenvalue weighted by Crippen LogP contribution is 2.23. The molecule has 0 unspecified atom stereocenters. The molecule has 0 bridgehead atoms. The van der Waals surface area contributed by atoms with Gasteiger partial charge in [0.2, 0.25) is 0 Å². The van der Waals surface area contributed by atoms with Crippen LogP contribution in [0.4, 0.5) is 10.1 Å². The number of carbonyl (C=O) groups excluding carboxylic acids is 1. The fourth-order valence-corrected chi connectivity index (χ4v) is 3.14. The van der Waals surface area contributed by atoms with Gasteiger partial charge in [0, 0.05) is 23.9 Å². The van der Waals surface area contributed by atoms with Gasteiger partial charge >= 0.3 is 0 Å². The number of nitrogens with zero attached hydrogens (tertiary/aromatic N) is 2. The lowest BCUT2D eigenvalue weighted by molar-refractivity contribution is 0.0995. The maximum absolute atomic E-state index is 13.8. The predicted octanol–water partition coefficient (Wildman–Crippen LogP) is 4.46. The van der Waals surface area contributed by atoms with Crippen LogP contribution in [0.5, 0.6) is 0 Å². The monoisotopic (exact) mass is 409 g/mol. The van der Waals surface area contributed by atoms with Crippen LogP contribution in [0.2, 0.25) is 0 Å². The Bertz CT molecular complexity index is 878. The number of amides is 1. The van der Waals surface area contributed by atoms with E-state index in [1.165, 1.54) is 23.9 Å². The number of anilines is 1. The molecular formula is C16H13BrFN3O2S. The normalized spacial score (nSPS) is 10.8. The molecule has 0 atom stereocenters. The largest absolute Gasteiger partial charge is 0.455 e. The zero-order chi connectivity index (χ0) is 17.1. The van der Waals surface area contributed by atoms with Gasteiger partial charge in [0.25, 0.3) is 5.91 Å². The van der Waals surface area contributed by atoms with Crippen LogP contribution in [0.3, 0.4) is 0 Å². The van der Waals surface area contributed by atoms with E-state index in [2.05, 4.69) is 26.2 Å². The van der Waals surface area contributed by atoms with Crippen molar-refractivity contribution in [3.05, 3.63) is 64.5 Å². The third kappa shape index (κ3) is 3.88. The molecule has 1 aromatic carbocycles. The van der Waals surface area contributed by atoms with Gasteiger partial charge in [0.05, 0.1) is 11.4 Å². The molecule has 8 heteroatoms. The third-order valence-electron chi connectivity index (χ3n) is 3.19. The van der Waals surface area contributed by atoms with Crippen molar-refractivity contribution in [1.29, 1.82) is 0 Å². The van der Waals surface area contributed by atoms with Gasteiger partial charge in [-0.25, -0.2) is 9.37 Å². The Morgan fingerprint density at radius 2 is 2.25 bits per heavy atom. The molecule has 0 aliphatic carbocycles. The quantitative estimate of drug-likeness (QED) is 0.631. The van der Waals surface area contributed by atoms with Crippen LogP contribution in [0.25, 0.3) is 0 Å². The summed E-state index contributed by atoms with van der Waals surface area (Å²) in [6.45, 7) is 0. The van der Waals surface area contributed by atoms with E-state index in [9.17, 15) is 9.18 Å². The van der Waals surface area contributed by atoms with Crippen LogP contribution in [-0.2, 0) is 12.8 Å².